The zero-order chi connectivity index (χ0) is 13.2. The summed E-state index contributed by atoms with van der Waals surface area (Å²) in [6.07, 6.45) is 8.45. The van der Waals surface area contributed by atoms with E-state index >= 15 is 0 Å². The number of hydrogen-bond donors (Lipinski definition) is 0. The van der Waals surface area contributed by atoms with Crippen LogP contribution in [0.5, 0.6) is 0 Å². The van der Waals surface area contributed by atoms with Gasteiger partial charge in [-0.3, -0.25) is 0 Å². The maximum Gasteiger partial charge on any atom is 0.141 e. The van der Waals surface area contributed by atoms with Gasteiger partial charge in [-0.2, -0.15) is 0 Å². The Hall–Kier alpha value is -1.16. The monoisotopic (exact) mass is 275 g/mol. The quantitative estimate of drug-likeness (QED) is 0.842. The zero-order valence-electron chi connectivity index (χ0n) is 11.7. The largest absolute Gasteiger partial charge is 0.353 e. The first-order chi connectivity index (χ1) is 9.31. The van der Waals surface area contributed by atoms with Crippen molar-refractivity contribution >= 4 is 27.4 Å². The second-order valence-corrected chi connectivity index (χ2v) is 6.23. The van der Waals surface area contributed by atoms with Crippen LogP contribution in [0.15, 0.2) is 11.7 Å². The normalized spacial score (nSPS) is 16.9. The van der Waals surface area contributed by atoms with E-state index in [1.165, 1.54) is 43.1 Å². The average Bonchev–Trinajstić information content (AvgIpc) is 2.84. The first kappa shape index (κ1) is 12.9. The first-order valence-electron chi connectivity index (χ1n) is 7.26. The van der Waals surface area contributed by atoms with Crippen molar-refractivity contribution in [1.82, 2.24) is 9.97 Å². The summed E-state index contributed by atoms with van der Waals surface area (Å²) in [5.74, 6) is 1.15. The highest BCUT2D eigenvalue weighted by Crippen LogP contribution is 2.34. The Bertz CT molecular complexity index is 558. The summed E-state index contributed by atoms with van der Waals surface area (Å²) in [6, 6.07) is 0.663. The predicted molar refractivity (Wildman–Crippen MR) is 82.0 cm³/mol. The Morgan fingerprint density at radius 1 is 1.26 bits per heavy atom. The maximum atomic E-state index is 4.61. The molecular weight excluding hydrogens is 254 g/mol. The van der Waals surface area contributed by atoms with E-state index in [9.17, 15) is 0 Å². The molecule has 1 fully saturated rings. The number of aryl methyl sites for hydroxylation is 1. The number of rotatable bonds is 3. The molecule has 0 N–H and O–H groups in total. The van der Waals surface area contributed by atoms with Crippen molar-refractivity contribution in [2.45, 2.75) is 52.0 Å². The Morgan fingerprint density at radius 2 is 2.05 bits per heavy atom. The molecule has 0 aliphatic heterocycles. The van der Waals surface area contributed by atoms with Crippen LogP contribution in [0.4, 0.5) is 5.82 Å². The van der Waals surface area contributed by atoms with Crippen LogP contribution in [-0.4, -0.2) is 22.6 Å². The van der Waals surface area contributed by atoms with Gasteiger partial charge in [0.2, 0.25) is 0 Å². The van der Waals surface area contributed by atoms with E-state index in [0.717, 1.165) is 17.2 Å². The van der Waals surface area contributed by atoms with Crippen LogP contribution in [0.2, 0.25) is 0 Å². The lowest BCUT2D eigenvalue weighted by molar-refractivity contribution is 0.417. The lowest BCUT2D eigenvalue weighted by atomic mass is 9.94. The van der Waals surface area contributed by atoms with Crippen molar-refractivity contribution in [3.05, 3.63) is 17.3 Å². The highest BCUT2D eigenvalue weighted by atomic mass is 32.1. The average molecular weight is 275 g/mol. The summed E-state index contributed by atoms with van der Waals surface area (Å²) >= 11 is 1.72. The molecule has 0 radical (unpaired) electrons. The van der Waals surface area contributed by atoms with Crippen LogP contribution in [0, 0.1) is 6.92 Å². The zero-order valence-corrected chi connectivity index (χ0v) is 12.5. The van der Waals surface area contributed by atoms with E-state index in [4.69, 9.17) is 0 Å². The molecule has 0 bridgehead atoms. The summed E-state index contributed by atoms with van der Waals surface area (Å²) < 4.78 is 0. The third kappa shape index (κ3) is 2.34. The van der Waals surface area contributed by atoms with Gasteiger partial charge < -0.3 is 4.90 Å². The van der Waals surface area contributed by atoms with Gasteiger partial charge in [0.1, 0.15) is 17.0 Å². The van der Waals surface area contributed by atoms with Crippen LogP contribution < -0.4 is 4.90 Å². The Balaban J connectivity index is 2.02. The molecule has 1 saturated carbocycles. The van der Waals surface area contributed by atoms with Crippen LogP contribution >= 0.6 is 11.3 Å². The molecule has 0 aromatic carbocycles. The van der Waals surface area contributed by atoms with Gasteiger partial charge in [0.25, 0.3) is 0 Å². The van der Waals surface area contributed by atoms with Gasteiger partial charge in [-0.15, -0.1) is 11.3 Å². The fourth-order valence-electron chi connectivity index (χ4n) is 3.19. The Kier molecular flexibility index (Phi) is 3.69. The summed E-state index contributed by atoms with van der Waals surface area (Å²) in [4.78, 5) is 12.6. The molecule has 0 unspecified atom stereocenters. The number of aromatic nitrogens is 2. The van der Waals surface area contributed by atoms with Gasteiger partial charge in [-0.1, -0.05) is 19.3 Å². The molecule has 0 saturated heterocycles. The van der Waals surface area contributed by atoms with Gasteiger partial charge in [0.05, 0.1) is 5.39 Å². The fraction of sp³-hybridized carbons (Fsp3) is 0.600. The molecule has 4 heteroatoms. The highest BCUT2D eigenvalue weighted by Gasteiger charge is 2.23. The molecule has 19 heavy (non-hydrogen) atoms. The Morgan fingerprint density at radius 3 is 2.79 bits per heavy atom. The smallest absolute Gasteiger partial charge is 0.141 e. The first-order valence-corrected chi connectivity index (χ1v) is 8.14. The van der Waals surface area contributed by atoms with Crippen LogP contribution in [0.1, 0.15) is 44.6 Å². The van der Waals surface area contributed by atoms with E-state index in [0.29, 0.717) is 6.04 Å². The van der Waals surface area contributed by atoms with Crippen molar-refractivity contribution in [2.75, 3.05) is 11.4 Å². The summed E-state index contributed by atoms with van der Waals surface area (Å²) in [7, 11) is 0. The molecule has 0 amide bonds. The molecular formula is C15H21N3S. The van der Waals surface area contributed by atoms with Gasteiger partial charge >= 0.3 is 0 Å². The van der Waals surface area contributed by atoms with Gasteiger partial charge in [-0.25, -0.2) is 9.97 Å². The molecule has 2 heterocycles. The Labute approximate surface area is 118 Å². The van der Waals surface area contributed by atoms with Crippen molar-refractivity contribution in [3.8, 4) is 0 Å². The topological polar surface area (TPSA) is 29.0 Å². The third-order valence-electron chi connectivity index (χ3n) is 4.16. The van der Waals surface area contributed by atoms with Crippen LogP contribution in [0.25, 0.3) is 10.2 Å². The predicted octanol–water partition coefficient (Wildman–Crippen LogP) is 4.16. The second-order valence-electron chi connectivity index (χ2n) is 5.37. The van der Waals surface area contributed by atoms with E-state index in [2.05, 4.69) is 34.1 Å². The molecule has 0 spiro atoms. The molecule has 3 rings (SSSR count). The summed E-state index contributed by atoms with van der Waals surface area (Å²) in [5.41, 5.74) is 1.31. The minimum absolute atomic E-state index is 0.663. The van der Waals surface area contributed by atoms with Crippen LogP contribution in [0.3, 0.4) is 0 Å². The number of thiophene rings is 1. The molecule has 2 aromatic rings. The molecule has 3 nitrogen and oxygen atoms in total. The maximum absolute atomic E-state index is 4.61. The lowest BCUT2D eigenvalue weighted by Gasteiger charge is -2.34. The molecule has 1 aliphatic rings. The standard InChI is InChI=1S/C15H21N3S/c1-3-18(12-7-5-4-6-8-12)14-13-11(2)9-19-15(13)17-10-16-14/h9-10,12H,3-8H2,1-2H3. The minimum atomic E-state index is 0.663. The number of anilines is 1. The lowest BCUT2D eigenvalue weighted by Crippen LogP contribution is -2.37. The summed E-state index contributed by atoms with van der Waals surface area (Å²) in [6.45, 7) is 5.44. The van der Waals surface area contributed by atoms with E-state index in [1.54, 1.807) is 17.7 Å². The molecule has 0 atom stereocenters. The van der Waals surface area contributed by atoms with E-state index in [-0.39, 0.29) is 0 Å². The molecule has 2 aromatic heterocycles. The minimum Gasteiger partial charge on any atom is -0.353 e. The molecule has 1 aliphatic carbocycles. The van der Waals surface area contributed by atoms with Gasteiger partial charge in [0.15, 0.2) is 0 Å². The van der Waals surface area contributed by atoms with Crippen molar-refractivity contribution in [1.29, 1.82) is 0 Å². The van der Waals surface area contributed by atoms with Gasteiger partial charge in [0, 0.05) is 12.6 Å². The van der Waals surface area contributed by atoms with Crippen molar-refractivity contribution in [2.24, 2.45) is 0 Å². The second kappa shape index (κ2) is 5.45. The van der Waals surface area contributed by atoms with E-state index < -0.39 is 0 Å². The fourth-order valence-corrected chi connectivity index (χ4v) is 4.07. The highest BCUT2D eigenvalue weighted by molar-refractivity contribution is 7.17. The number of nitrogens with zero attached hydrogens (tertiary/aromatic N) is 3. The van der Waals surface area contributed by atoms with Gasteiger partial charge in [-0.05, 0) is 37.6 Å². The van der Waals surface area contributed by atoms with E-state index in [1.807, 2.05) is 0 Å². The third-order valence-corrected chi connectivity index (χ3v) is 5.17. The number of hydrogen-bond acceptors (Lipinski definition) is 4. The number of fused-ring (bicyclic) bond motifs is 1. The summed E-state index contributed by atoms with van der Waals surface area (Å²) in [5, 5.41) is 3.46. The van der Waals surface area contributed by atoms with Crippen LogP contribution in [-0.2, 0) is 0 Å². The van der Waals surface area contributed by atoms with Crippen molar-refractivity contribution in [3.63, 3.8) is 0 Å². The molecule has 102 valence electrons. The van der Waals surface area contributed by atoms with Crippen molar-refractivity contribution < 1.29 is 0 Å². The SMILES string of the molecule is CCN(c1ncnc2scc(C)c12)C1CCCCC1.